The Morgan fingerprint density at radius 3 is 2.53 bits per heavy atom. The standard InChI is InChI=1S/C12H21NO2/c1-3-10(11(14)15)6-9-13-12(2)7-4-5-8-12/h6,13H,3-5,7-9H2,1-2H3,(H,14,15). The lowest BCUT2D eigenvalue weighted by atomic mass is 10.0. The maximum atomic E-state index is 10.7. The highest BCUT2D eigenvalue weighted by Crippen LogP contribution is 2.28. The molecule has 1 saturated carbocycles. The van der Waals surface area contributed by atoms with Crippen molar-refractivity contribution < 1.29 is 9.90 Å². The van der Waals surface area contributed by atoms with Crippen LogP contribution < -0.4 is 5.32 Å². The highest BCUT2D eigenvalue weighted by atomic mass is 16.4. The van der Waals surface area contributed by atoms with Crippen LogP contribution in [0, 0.1) is 0 Å². The van der Waals surface area contributed by atoms with Crippen LogP contribution in [0.3, 0.4) is 0 Å². The smallest absolute Gasteiger partial charge is 0.331 e. The molecule has 1 rings (SSSR count). The molecule has 0 spiro atoms. The van der Waals surface area contributed by atoms with Crippen molar-refractivity contribution in [3.8, 4) is 0 Å². The van der Waals surface area contributed by atoms with E-state index in [1.807, 2.05) is 6.92 Å². The molecule has 0 heterocycles. The maximum absolute atomic E-state index is 10.7. The third-order valence-electron chi connectivity index (χ3n) is 3.24. The van der Waals surface area contributed by atoms with E-state index in [0.717, 1.165) is 0 Å². The van der Waals surface area contributed by atoms with Crippen LogP contribution in [0.5, 0.6) is 0 Å². The Balaban J connectivity index is 2.39. The summed E-state index contributed by atoms with van der Waals surface area (Å²) in [7, 11) is 0. The van der Waals surface area contributed by atoms with Crippen molar-refractivity contribution in [3.05, 3.63) is 11.6 Å². The summed E-state index contributed by atoms with van der Waals surface area (Å²) < 4.78 is 0. The summed E-state index contributed by atoms with van der Waals surface area (Å²) in [5, 5.41) is 12.3. The van der Waals surface area contributed by atoms with Crippen LogP contribution in [0.25, 0.3) is 0 Å². The first-order valence-corrected chi connectivity index (χ1v) is 5.75. The number of carboxylic acid groups (broad SMARTS) is 1. The van der Waals surface area contributed by atoms with Crippen LogP contribution in [-0.4, -0.2) is 23.2 Å². The van der Waals surface area contributed by atoms with Crippen molar-refractivity contribution in [2.45, 2.75) is 51.5 Å². The van der Waals surface area contributed by atoms with Gasteiger partial charge in [-0.3, -0.25) is 0 Å². The van der Waals surface area contributed by atoms with Gasteiger partial charge in [-0.05, 0) is 26.2 Å². The molecule has 1 aliphatic rings. The van der Waals surface area contributed by atoms with Gasteiger partial charge in [0.05, 0.1) is 0 Å². The van der Waals surface area contributed by atoms with E-state index in [-0.39, 0.29) is 5.54 Å². The third kappa shape index (κ3) is 3.67. The lowest BCUT2D eigenvalue weighted by Crippen LogP contribution is -2.39. The fraction of sp³-hybridized carbons (Fsp3) is 0.750. The Labute approximate surface area is 91.6 Å². The molecule has 0 atom stereocenters. The van der Waals surface area contributed by atoms with Crippen molar-refractivity contribution in [1.82, 2.24) is 5.32 Å². The van der Waals surface area contributed by atoms with Gasteiger partial charge < -0.3 is 10.4 Å². The highest BCUT2D eigenvalue weighted by molar-refractivity contribution is 5.86. The van der Waals surface area contributed by atoms with Gasteiger partial charge in [0.2, 0.25) is 0 Å². The fourth-order valence-electron chi connectivity index (χ4n) is 2.14. The van der Waals surface area contributed by atoms with Gasteiger partial charge in [-0.1, -0.05) is 25.8 Å². The third-order valence-corrected chi connectivity index (χ3v) is 3.24. The molecule has 3 heteroatoms. The molecular formula is C12H21NO2. The van der Waals surface area contributed by atoms with Crippen LogP contribution in [-0.2, 0) is 4.79 Å². The van der Waals surface area contributed by atoms with Gasteiger partial charge in [-0.2, -0.15) is 0 Å². The summed E-state index contributed by atoms with van der Waals surface area (Å²) in [5.74, 6) is -0.795. The predicted octanol–water partition coefficient (Wildman–Crippen LogP) is 2.33. The molecule has 86 valence electrons. The molecule has 0 aromatic heterocycles. The number of carboxylic acids is 1. The van der Waals surface area contributed by atoms with Crippen LogP contribution in [0.15, 0.2) is 11.6 Å². The van der Waals surface area contributed by atoms with E-state index in [0.29, 0.717) is 18.5 Å². The van der Waals surface area contributed by atoms with Crippen molar-refractivity contribution in [2.24, 2.45) is 0 Å². The second-order valence-corrected chi connectivity index (χ2v) is 4.54. The second-order valence-electron chi connectivity index (χ2n) is 4.54. The van der Waals surface area contributed by atoms with Crippen LogP contribution in [0.4, 0.5) is 0 Å². The first kappa shape index (κ1) is 12.2. The minimum Gasteiger partial charge on any atom is -0.478 e. The zero-order valence-electron chi connectivity index (χ0n) is 9.68. The van der Waals surface area contributed by atoms with E-state index in [2.05, 4.69) is 12.2 Å². The Morgan fingerprint density at radius 1 is 1.47 bits per heavy atom. The summed E-state index contributed by atoms with van der Waals surface area (Å²) in [4.78, 5) is 10.7. The molecule has 0 amide bonds. The number of rotatable bonds is 5. The van der Waals surface area contributed by atoms with E-state index >= 15 is 0 Å². The molecule has 0 aromatic carbocycles. The van der Waals surface area contributed by atoms with E-state index < -0.39 is 5.97 Å². The summed E-state index contributed by atoms with van der Waals surface area (Å²) >= 11 is 0. The zero-order valence-corrected chi connectivity index (χ0v) is 9.68. The molecule has 0 bridgehead atoms. The molecule has 0 unspecified atom stereocenters. The molecule has 0 radical (unpaired) electrons. The zero-order chi connectivity index (χ0) is 11.3. The number of carbonyl (C=O) groups is 1. The van der Waals surface area contributed by atoms with E-state index in [9.17, 15) is 4.79 Å². The monoisotopic (exact) mass is 211 g/mol. The Morgan fingerprint density at radius 2 is 2.07 bits per heavy atom. The Bertz CT molecular complexity index is 252. The molecule has 2 N–H and O–H groups in total. The summed E-state index contributed by atoms with van der Waals surface area (Å²) in [6.07, 6.45) is 7.37. The lowest BCUT2D eigenvalue weighted by Gasteiger charge is -2.24. The summed E-state index contributed by atoms with van der Waals surface area (Å²) in [6.45, 7) is 4.77. The minimum absolute atomic E-state index is 0.230. The Hall–Kier alpha value is -0.830. The van der Waals surface area contributed by atoms with Crippen molar-refractivity contribution >= 4 is 5.97 Å². The van der Waals surface area contributed by atoms with Crippen molar-refractivity contribution in [2.75, 3.05) is 6.54 Å². The molecule has 15 heavy (non-hydrogen) atoms. The van der Waals surface area contributed by atoms with Gasteiger partial charge in [0.15, 0.2) is 0 Å². The van der Waals surface area contributed by atoms with Gasteiger partial charge in [-0.15, -0.1) is 0 Å². The van der Waals surface area contributed by atoms with Crippen molar-refractivity contribution in [1.29, 1.82) is 0 Å². The van der Waals surface area contributed by atoms with Crippen molar-refractivity contribution in [3.63, 3.8) is 0 Å². The molecular weight excluding hydrogens is 190 g/mol. The molecule has 0 saturated heterocycles. The van der Waals surface area contributed by atoms with E-state index in [4.69, 9.17) is 5.11 Å². The largest absolute Gasteiger partial charge is 0.478 e. The van der Waals surface area contributed by atoms with Crippen LogP contribution >= 0.6 is 0 Å². The minimum atomic E-state index is -0.795. The number of hydrogen-bond acceptors (Lipinski definition) is 2. The van der Waals surface area contributed by atoms with Gasteiger partial charge in [0.1, 0.15) is 0 Å². The maximum Gasteiger partial charge on any atom is 0.331 e. The summed E-state index contributed by atoms with van der Waals surface area (Å²) in [5.41, 5.74) is 0.734. The first-order valence-electron chi connectivity index (χ1n) is 5.75. The molecule has 0 aromatic rings. The van der Waals surface area contributed by atoms with Gasteiger partial charge >= 0.3 is 5.97 Å². The summed E-state index contributed by atoms with van der Waals surface area (Å²) in [6, 6.07) is 0. The number of hydrogen-bond donors (Lipinski definition) is 2. The van der Waals surface area contributed by atoms with E-state index in [1.54, 1.807) is 6.08 Å². The number of nitrogens with one attached hydrogen (secondary N) is 1. The topological polar surface area (TPSA) is 49.3 Å². The van der Waals surface area contributed by atoms with Gasteiger partial charge in [-0.25, -0.2) is 4.79 Å². The average Bonchev–Trinajstić information content (AvgIpc) is 2.60. The molecule has 0 aliphatic heterocycles. The molecule has 1 aliphatic carbocycles. The molecule has 3 nitrogen and oxygen atoms in total. The second kappa shape index (κ2) is 5.31. The predicted molar refractivity (Wildman–Crippen MR) is 60.9 cm³/mol. The molecule has 1 fully saturated rings. The van der Waals surface area contributed by atoms with Crippen LogP contribution in [0.2, 0.25) is 0 Å². The number of aliphatic carboxylic acids is 1. The fourth-order valence-corrected chi connectivity index (χ4v) is 2.14. The van der Waals surface area contributed by atoms with Gasteiger partial charge in [0.25, 0.3) is 0 Å². The highest BCUT2D eigenvalue weighted by Gasteiger charge is 2.27. The van der Waals surface area contributed by atoms with Crippen LogP contribution in [0.1, 0.15) is 46.0 Å². The van der Waals surface area contributed by atoms with Gasteiger partial charge in [0, 0.05) is 17.7 Å². The normalized spacial score (nSPS) is 20.5. The Kier molecular flexibility index (Phi) is 4.33. The SMILES string of the molecule is CCC(=CCNC1(C)CCCC1)C(=O)O. The first-order chi connectivity index (χ1) is 7.07. The lowest BCUT2D eigenvalue weighted by molar-refractivity contribution is -0.132. The van der Waals surface area contributed by atoms with E-state index in [1.165, 1.54) is 25.7 Å². The average molecular weight is 211 g/mol. The quantitative estimate of drug-likeness (QED) is 0.686.